The highest BCUT2D eigenvalue weighted by Crippen LogP contribution is 2.39. The van der Waals surface area contributed by atoms with Crippen LogP contribution in [0.2, 0.25) is 0 Å². The van der Waals surface area contributed by atoms with Gasteiger partial charge in [0, 0.05) is 19.0 Å². The lowest BCUT2D eigenvalue weighted by molar-refractivity contribution is -0.139. The number of aryl methyl sites for hydroxylation is 1. The summed E-state index contributed by atoms with van der Waals surface area (Å²) in [5, 5.41) is 9.21. The van der Waals surface area contributed by atoms with Crippen molar-refractivity contribution in [3.8, 4) is 0 Å². The first-order chi connectivity index (χ1) is 15.9. The molecule has 0 unspecified atom stereocenters. The lowest BCUT2D eigenvalue weighted by Crippen LogP contribution is -2.37. The van der Waals surface area contributed by atoms with Gasteiger partial charge in [-0.1, -0.05) is 31.5 Å². The molecule has 1 heterocycles. The highest BCUT2D eigenvalue weighted by Gasteiger charge is 2.35. The number of hydrogen-bond acceptors (Lipinski definition) is 2. The van der Waals surface area contributed by atoms with Crippen molar-refractivity contribution in [1.29, 1.82) is 0 Å². The topological polar surface area (TPSA) is 40.5 Å². The Balaban J connectivity index is 1.94. The largest absolute Gasteiger partial charge is 0.481 e. The molecule has 3 nitrogen and oxygen atoms in total. The van der Waals surface area contributed by atoms with Crippen molar-refractivity contribution in [2.24, 2.45) is 5.92 Å². The third kappa shape index (κ3) is 6.52. The zero-order valence-corrected chi connectivity index (χ0v) is 18.7. The Hall–Kier alpha value is -2.55. The molecular formula is C25H27F6NO2. The molecule has 2 aromatic carbocycles. The molecule has 34 heavy (non-hydrogen) atoms. The molecule has 1 N–H and O–H groups in total. The van der Waals surface area contributed by atoms with Crippen LogP contribution < -0.4 is 0 Å². The summed E-state index contributed by atoms with van der Waals surface area (Å²) in [6.45, 7) is 2.57. The van der Waals surface area contributed by atoms with Crippen LogP contribution in [-0.4, -0.2) is 22.5 Å². The average molecular weight is 487 g/mol. The number of carboxylic acids is 1. The van der Waals surface area contributed by atoms with Crippen LogP contribution in [0.3, 0.4) is 0 Å². The van der Waals surface area contributed by atoms with E-state index in [-0.39, 0.29) is 18.9 Å². The SMILES string of the molecule is CCCc1ccc(C(F)(F)F)cc1CN1CC[C@@H](CC(=O)O)C[C@H]1c1ccc(C(F)(F)F)cc1. The van der Waals surface area contributed by atoms with Gasteiger partial charge in [0.15, 0.2) is 0 Å². The predicted octanol–water partition coefficient (Wildman–Crippen LogP) is 7.10. The predicted molar refractivity (Wildman–Crippen MR) is 115 cm³/mol. The number of carboxylic acid groups (broad SMARTS) is 1. The van der Waals surface area contributed by atoms with Crippen molar-refractivity contribution in [3.63, 3.8) is 0 Å². The van der Waals surface area contributed by atoms with Crippen molar-refractivity contribution >= 4 is 5.97 Å². The Morgan fingerprint density at radius 3 is 2.15 bits per heavy atom. The van der Waals surface area contributed by atoms with E-state index in [0.717, 1.165) is 36.2 Å². The standard InChI is InChI=1S/C25H27F6NO2/c1-2-3-17-4-9-21(25(29,30)31)14-19(17)15-32-11-10-16(13-23(33)34)12-22(32)18-5-7-20(8-6-18)24(26,27)28/h4-9,14,16,22H,2-3,10-13,15H2,1H3,(H,33,34)/t16-,22+/m1/s1. The van der Waals surface area contributed by atoms with Gasteiger partial charge in [0.25, 0.3) is 0 Å². The first kappa shape index (κ1) is 26.1. The Morgan fingerprint density at radius 2 is 1.59 bits per heavy atom. The van der Waals surface area contributed by atoms with Crippen LogP contribution in [0.25, 0.3) is 0 Å². The molecule has 1 saturated heterocycles. The summed E-state index contributed by atoms with van der Waals surface area (Å²) in [4.78, 5) is 13.2. The van der Waals surface area contributed by atoms with Crippen LogP contribution in [0.4, 0.5) is 26.3 Å². The van der Waals surface area contributed by atoms with Gasteiger partial charge >= 0.3 is 18.3 Å². The first-order valence-electron chi connectivity index (χ1n) is 11.2. The Morgan fingerprint density at radius 1 is 0.971 bits per heavy atom. The molecule has 1 aliphatic rings. The zero-order chi connectivity index (χ0) is 25.1. The monoisotopic (exact) mass is 487 g/mol. The van der Waals surface area contributed by atoms with Gasteiger partial charge in [-0.25, -0.2) is 0 Å². The fourth-order valence-corrected chi connectivity index (χ4v) is 4.63. The van der Waals surface area contributed by atoms with Gasteiger partial charge in [-0.2, -0.15) is 26.3 Å². The Bertz CT molecular complexity index is 984. The molecule has 0 bridgehead atoms. The highest BCUT2D eigenvalue weighted by atomic mass is 19.4. The van der Waals surface area contributed by atoms with Crippen molar-refractivity contribution in [1.82, 2.24) is 4.90 Å². The van der Waals surface area contributed by atoms with Crippen LogP contribution >= 0.6 is 0 Å². The summed E-state index contributed by atoms with van der Waals surface area (Å²) < 4.78 is 79.1. The minimum Gasteiger partial charge on any atom is -0.481 e. The van der Waals surface area contributed by atoms with E-state index < -0.39 is 35.5 Å². The van der Waals surface area contributed by atoms with E-state index in [1.54, 1.807) is 0 Å². The van der Waals surface area contributed by atoms with E-state index in [1.165, 1.54) is 18.2 Å². The molecule has 0 aliphatic carbocycles. The number of carbonyl (C=O) groups is 1. The van der Waals surface area contributed by atoms with E-state index in [4.69, 9.17) is 0 Å². The average Bonchev–Trinajstić information content (AvgIpc) is 2.74. The molecule has 2 atom stereocenters. The van der Waals surface area contributed by atoms with Crippen molar-refractivity contribution in [3.05, 3.63) is 70.3 Å². The lowest BCUT2D eigenvalue weighted by Gasteiger charge is -2.40. The van der Waals surface area contributed by atoms with Crippen molar-refractivity contribution in [2.45, 2.75) is 64.0 Å². The van der Waals surface area contributed by atoms with Crippen LogP contribution in [0, 0.1) is 5.92 Å². The van der Waals surface area contributed by atoms with Crippen LogP contribution in [-0.2, 0) is 30.1 Å². The number of aliphatic carboxylic acids is 1. The zero-order valence-electron chi connectivity index (χ0n) is 18.7. The second-order valence-corrected chi connectivity index (χ2v) is 8.83. The molecule has 3 rings (SSSR count). The molecular weight excluding hydrogens is 460 g/mol. The first-order valence-corrected chi connectivity index (χ1v) is 11.2. The molecule has 0 aromatic heterocycles. The number of benzene rings is 2. The van der Waals surface area contributed by atoms with Gasteiger partial charge in [0.05, 0.1) is 11.1 Å². The second kappa shape index (κ2) is 10.4. The van der Waals surface area contributed by atoms with Crippen molar-refractivity contribution in [2.75, 3.05) is 6.54 Å². The van der Waals surface area contributed by atoms with E-state index >= 15 is 0 Å². The van der Waals surface area contributed by atoms with Crippen LogP contribution in [0.5, 0.6) is 0 Å². The number of nitrogens with zero attached hydrogens (tertiary/aromatic N) is 1. The smallest absolute Gasteiger partial charge is 0.416 e. The van der Waals surface area contributed by atoms with Gasteiger partial charge in [-0.15, -0.1) is 0 Å². The maximum Gasteiger partial charge on any atom is 0.416 e. The highest BCUT2D eigenvalue weighted by molar-refractivity contribution is 5.67. The molecule has 0 saturated carbocycles. The summed E-state index contributed by atoms with van der Waals surface area (Å²) in [5.74, 6) is -1.12. The molecule has 2 aromatic rings. The normalized spacial score (nSPS) is 19.9. The number of alkyl halides is 6. The number of piperidine rings is 1. The fraction of sp³-hybridized carbons (Fsp3) is 0.480. The quantitative estimate of drug-likeness (QED) is 0.424. The fourth-order valence-electron chi connectivity index (χ4n) is 4.63. The second-order valence-electron chi connectivity index (χ2n) is 8.83. The summed E-state index contributed by atoms with van der Waals surface area (Å²) in [6.07, 6.45) is -6.72. The minimum atomic E-state index is -4.49. The summed E-state index contributed by atoms with van der Waals surface area (Å²) in [6, 6.07) is 8.04. The number of likely N-dealkylation sites (tertiary alicyclic amines) is 1. The molecule has 0 spiro atoms. The summed E-state index contributed by atoms with van der Waals surface area (Å²) in [7, 11) is 0. The molecule has 0 radical (unpaired) electrons. The Kier molecular flexibility index (Phi) is 7.95. The van der Waals surface area contributed by atoms with Gasteiger partial charge in [-0.3, -0.25) is 9.69 Å². The van der Waals surface area contributed by atoms with Crippen LogP contribution in [0.1, 0.15) is 66.5 Å². The third-order valence-electron chi connectivity index (χ3n) is 6.33. The summed E-state index contributed by atoms with van der Waals surface area (Å²) >= 11 is 0. The van der Waals surface area contributed by atoms with Gasteiger partial charge in [0.1, 0.15) is 0 Å². The van der Waals surface area contributed by atoms with E-state index in [2.05, 4.69) is 0 Å². The molecule has 1 fully saturated rings. The Labute approximate surface area is 194 Å². The number of halogens is 6. The van der Waals surface area contributed by atoms with Gasteiger partial charge in [0.2, 0.25) is 0 Å². The maximum atomic E-state index is 13.4. The maximum absolute atomic E-state index is 13.4. The number of rotatable bonds is 7. The number of hydrogen-bond donors (Lipinski definition) is 1. The van der Waals surface area contributed by atoms with E-state index in [9.17, 15) is 36.2 Å². The lowest BCUT2D eigenvalue weighted by atomic mass is 9.84. The van der Waals surface area contributed by atoms with Gasteiger partial charge in [-0.05, 0) is 72.7 Å². The van der Waals surface area contributed by atoms with Crippen LogP contribution in [0.15, 0.2) is 42.5 Å². The third-order valence-corrected chi connectivity index (χ3v) is 6.33. The van der Waals surface area contributed by atoms with E-state index in [1.807, 2.05) is 11.8 Å². The van der Waals surface area contributed by atoms with Gasteiger partial charge < -0.3 is 5.11 Å². The van der Waals surface area contributed by atoms with E-state index in [0.29, 0.717) is 36.9 Å². The molecule has 1 aliphatic heterocycles. The van der Waals surface area contributed by atoms with Crippen molar-refractivity contribution < 1.29 is 36.2 Å². The summed E-state index contributed by atoms with van der Waals surface area (Å²) in [5.41, 5.74) is 0.393. The molecule has 0 amide bonds. The minimum absolute atomic E-state index is 0.0599. The molecule has 186 valence electrons. The molecule has 9 heteroatoms.